The van der Waals surface area contributed by atoms with Crippen LogP contribution in [0.25, 0.3) is 10.6 Å². The molecule has 6 heteroatoms. The molecular weight excluding hydrogens is 334 g/mol. The Balaban J connectivity index is 1.42. The maximum absolute atomic E-state index is 12.2. The van der Waals surface area contributed by atoms with Crippen molar-refractivity contribution in [2.24, 2.45) is 5.92 Å². The molecule has 2 heterocycles. The SMILES string of the molecule is O=C(Nc1ccccc1-c1nc2c(s1)CCC2)OCC1CCNCC1. The van der Waals surface area contributed by atoms with Crippen molar-refractivity contribution in [2.75, 3.05) is 25.0 Å². The highest BCUT2D eigenvalue weighted by molar-refractivity contribution is 7.15. The van der Waals surface area contributed by atoms with Crippen molar-refractivity contribution in [3.05, 3.63) is 34.8 Å². The van der Waals surface area contributed by atoms with Crippen LogP contribution < -0.4 is 10.6 Å². The fourth-order valence-electron chi connectivity index (χ4n) is 3.47. The number of amides is 1. The normalized spacial score (nSPS) is 17.3. The lowest BCUT2D eigenvalue weighted by atomic mass is 9.99. The largest absolute Gasteiger partial charge is 0.449 e. The number of aromatic nitrogens is 1. The zero-order chi connectivity index (χ0) is 17.1. The Morgan fingerprint density at radius 1 is 1.28 bits per heavy atom. The molecule has 0 radical (unpaired) electrons. The van der Waals surface area contributed by atoms with Crippen LogP contribution in [0, 0.1) is 5.92 Å². The summed E-state index contributed by atoms with van der Waals surface area (Å²) >= 11 is 1.74. The van der Waals surface area contributed by atoms with Gasteiger partial charge in [-0.1, -0.05) is 12.1 Å². The lowest BCUT2D eigenvalue weighted by Crippen LogP contribution is -2.31. The van der Waals surface area contributed by atoms with E-state index in [2.05, 4.69) is 10.6 Å². The molecule has 1 fully saturated rings. The lowest BCUT2D eigenvalue weighted by Gasteiger charge is -2.22. The summed E-state index contributed by atoms with van der Waals surface area (Å²) in [6.07, 6.45) is 5.15. The number of fused-ring (bicyclic) bond motifs is 1. The monoisotopic (exact) mass is 357 g/mol. The predicted molar refractivity (Wildman–Crippen MR) is 100 cm³/mol. The molecule has 2 N–H and O–H groups in total. The Kier molecular flexibility index (Phi) is 4.99. The molecule has 1 aliphatic heterocycles. The van der Waals surface area contributed by atoms with Crippen molar-refractivity contribution in [3.63, 3.8) is 0 Å². The molecule has 0 bridgehead atoms. The second-order valence-corrected chi connectivity index (χ2v) is 7.79. The minimum atomic E-state index is -0.380. The van der Waals surface area contributed by atoms with E-state index < -0.39 is 0 Å². The van der Waals surface area contributed by atoms with Gasteiger partial charge >= 0.3 is 6.09 Å². The number of ether oxygens (including phenoxy) is 1. The van der Waals surface area contributed by atoms with Crippen LogP contribution in [0.3, 0.4) is 0 Å². The molecule has 1 aliphatic carbocycles. The molecule has 2 aliphatic rings. The van der Waals surface area contributed by atoms with Crippen LogP contribution in [-0.4, -0.2) is 30.8 Å². The molecule has 1 saturated heterocycles. The second-order valence-electron chi connectivity index (χ2n) is 6.70. The van der Waals surface area contributed by atoms with Crippen molar-refractivity contribution in [3.8, 4) is 10.6 Å². The van der Waals surface area contributed by atoms with Crippen LogP contribution in [0.4, 0.5) is 10.5 Å². The number of piperidine rings is 1. The van der Waals surface area contributed by atoms with Crippen molar-refractivity contribution in [1.29, 1.82) is 0 Å². The summed E-state index contributed by atoms with van der Waals surface area (Å²) in [4.78, 5) is 18.4. The number of aryl methyl sites for hydroxylation is 2. The summed E-state index contributed by atoms with van der Waals surface area (Å²) in [5.74, 6) is 0.462. The molecule has 1 aromatic heterocycles. The third-order valence-corrected chi connectivity index (χ3v) is 6.09. The van der Waals surface area contributed by atoms with E-state index in [1.54, 1.807) is 11.3 Å². The topological polar surface area (TPSA) is 63.2 Å². The molecule has 5 nitrogen and oxygen atoms in total. The number of carbonyl (C=O) groups is 1. The Labute approximate surface area is 151 Å². The van der Waals surface area contributed by atoms with Crippen LogP contribution in [0.2, 0.25) is 0 Å². The average molecular weight is 357 g/mol. The Morgan fingerprint density at radius 3 is 2.96 bits per heavy atom. The van der Waals surface area contributed by atoms with Crippen LogP contribution in [-0.2, 0) is 17.6 Å². The molecule has 4 rings (SSSR count). The summed E-state index contributed by atoms with van der Waals surface area (Å²) in [6.45, 7) is 2.50. The first-order chi connectivity index (χ1) is 12.3. The Hall–Kier alpha value is -1.92. The van der Waals surface area contributed by atoms with Crippen LogP contribution >= 0.6 is 11.3 Å². The first-order valence-corrected chi connectivity index (χ1v) is 9.84. The van der Waals surface area contributed by atoms with E-state index in [1.165, 1.54) is 17.0 Å². The lowest BCUT2D eigenvalue weighted by molar-refractivity contribution is 0.131. The number of hydrogen-bond acceptors (Lipinski definition) is 5. The number of para-hydroxylation sites is 1. The number of anilines is 1. The van der Waals surface area contributed by atoms with E-state index in [0.29, 0.717) is 12.5 Å². The van der Waals surface area contributed by atoms with Crippen LogP contribution in [0.15, 0.2) is 24.3 Å². The van der Waals surface area contributed by atoms with Gasteiger partial charge in [0.2, 0.25) is 0 Å². The van der Waals surface area contributed by atoms with E-state index >= 15 is 0 Å². The van der Waals surface area contributed by atoms with Gasteiger partial charge in [0.25, 0.3) is 0 Å². The van der Waals surface area contributed by atoms with Crippen molar-refractivity contribution in [2.45, 2.75) is 32.1 Å². The number of nitrogens with one attached hydrogen (secondary N) is 2. The molecular formula is C19H23N3O2S. The molecule has 0 saturated carbocycles. The van der Waals surface area contributed by atoms with Gasteiger partial charge in [0.15, 0.2) is 0 Å². The number of benzene rings is 1. The number of thiazole rings is 1. The minimum Gasteiger partial charge on any atom is -0.449 e. The van der Waals surface area contributed by atoms with E-state index in [-0.39, 0.29) is 6.09 Å². The van der Waals surface area contributed by atoms with Crippen molar-refractivity contribution >= 4 is 23.1 Å². The molecule has 0 atom stereocenters. The molecule has 25 heavy (non-hydrogen) atoms. The summed E-state index contributed by atoms with van der Waals surface area (Å²) in [5.41, 5.74) is 2.97. The van der Waals surface area contributed by atoms with Gasteiger partial charge in [-0.15, -0.1) is 11.3 Å². The summed E-state index contributed by atoms with van der Waals surface area (Å²) in [7, 11) is 0. The number of nitrogens with zero attached hydrogens (tertiary/aromatic N) is 1. The predicted octanol–water partition coefficient (Wildman–Crippen LogP) is 3.85. The van der Waals surface area contributed by atoms with E-state index in [0.717, 1.165) is 55.0 Å². The standard InChI is InChI=1S/C19H23N3O2S/c23-19(24-12-13-8-10-20-11-9-13)22-15-5-2-1-4-14(15)18-21-16-6-3-7-17(16)25-18/h1-2,4-5,13,20H,3,6-12H2,(H,22,23). The van der Waals surface area contributed by atoms with E-state index in [4.69, 9.17) is 9.72 Å². The number of hydrogen-bond donors (Lipinski definition) is 2. The van der Waals surface area contributed by atoms with E-state index in [1.807, 2.05) is 24.3 Å². The number of rotatable bonds is 4. The average Bonchev–Trinajstić information content (AvgIpc) is 3.23. The smallest absolute Gasteiger partial charge is 0.411 e. The quantitative estimate of drug-likeness (QED) is 0.872. The van der Waals surface area contributed by atoms with Gasteiger partial charge in [-0.05, 0) is 63.2 Å². The fraction of sp³-hybridized carbons (Fsp3) is 0.474. The zero-order valence-corrected chi connectivity index (χ0v) is 15.0. The highest BCUT2D eigenvalue weighted by atomic mass is 32.1. The molecule has 2 aromatic rings. The third kappa shape index (κ3) is 3.85. The molecule has 132 valence electrons. The van der Waals surface area contributed by atoms with Gasteiger partial charge in [0, 0.05) is 10.4 Å². The van der Waals surface area contributed by atoms with Gasteiger partial charge in [-0.2, -0.15) is 0 Å². The second kappa shape index (κ2) is 7.54. The van der Waals surface area contributed by atoms with Crippen molar-refractivity contribution < 1.29 is 9.53 Å². The van der Waals surface area contributed by atoms with Gasteiger partial charge < -0.3 is 10.1 Å². The molecule has 0 unspecified atom stereocenters. The third-order valence-electron chi connectivity index (χ3n) is 4.90. The molecule has 1 aromatic carbocycles. The summed E-state index contributed by atoms with van der Waals surface area (Å²) in [6, 6.07) is 7.82. The summed E-state index contributed by atoms with van der Waals surface area (Å²) < 4.78 is 5.44. The van der Waals surface area contributed by atoms with E-state index in [9.17, 15) is 4.79 Å². The van der Waals surface area contributed by atoms with Gasteiger partial charge in [0.1, 0.15) is 5.01 Å². The van der Waals surface area contributed by atoms with Crippen molar-refractivity contribution in [1.82, 2.24) is 10.3 Å². The maximum Gasteiger partial charge on any atom is 0.411 e. The van der Waals surface area contributed by atoms with Gasteiger partial charge in [-0.3, -0.25) is 5.32 Å². The maximum atomic E-state index is 12.2. The highest BCUT2D eigenvalue weighted by Gasteiger charge is 2.20. The molecule has 1 amide bonds. The first-order valence-electron chi connectivity index (χ1n) is 9.02. The zero-order valence-electron chi connectivity index (χ0n) is 14.2. The van der Waals surface area contributed by atoms with Crippen LogP contribution in [0.5, 0.6) is 0 Å². The first kappa shape index (κ1) is 16.5. The number of carbonyl (C=O) groups excluding carboxylic acids is 1. The van der Waals surface area contributed by atoms with Gasteiger partial charge in [0.05, 0.1) is 18.0 Å². The van der Waals surface area contributed by atoms with Crippen LogP contribution in [0.1, 0.15) is 29.8 Å². The van der Waals surface area contributed by atoms with Gasteiger partial charge in [-0.25, -0.2) is 9.78 Å². The fourth-order valence-corrected chi connectivity index (χ4v) is 4.66. The highest BCUT2D eigenvalue weighted by Crippen LogP contribution is 2.36. The molecule has 0 spiro atoms. The minimum absolute atomic E-state index is 0.380. The summed E-state index contributed by atoms with van der Waals surface area (Å²) in [5, 5.41) is 7.21. The Morgan fingerprint density at radius 2 is 2.12 bits per heavy atom. The Bertz CT molecular complexity index is 731.